The third-order valence-corrected chi connectivity index (χ3v) is 10.9. The van der Waals surface area contributed by atoms with Crippen molar-refractivity contribution in [2.45, 2.75) is 117 Å². The number of hydrogen-bond donors (Lipinski definition) is 0. The van der Waals surface area contributed by atoms with Crippen molar-refractivity contribution >= 4 is 10.1 Å². The quantitative estimate of drug-likeness (QED) is 0.225. The number of rotatable bonds is 6. The third-order valence-electron chi connectivity index (χ3n) is 6.90. The second-order valence-corrected chi connectivity index (χ2v) is 17.7. The number of benzene rings is 3. The molecule has 0 aliphatic heterocycles. The van der Waals surface area contributed by atoms with E-state index < -0.39 is 10.1 Å². The lowest BCUT2D eigenvalue weighted by molar-refractivity contribution is -0.599. The Morgan fingerprint density at radius 1 is 0.625 bits per heavy atom. The van der Waals surface area contributed by atoms with Crippen molar-refractivity contribution in [1.29, 1.82) is 0 Å². The number of hydrogen-bond acceptors (Lipinski definition) is 3. The van der Waals surface area contributed by atoms with Gasteiger partial charge in [0.1, 0.15) is 10.1 Å². The molecular formula is C35H49IO3S. The van der Waals surface area contributed by atoms with Crippen LogP contribution in [-0.4, -0.2) is 13.0 Å². The highest BCUT2D eigenvalue weighted by molar-refractivity contribution is 7.85. The Balaban J connectivity index is 0.000000282. The van der Waals surface area contributed by atoms with Gasteiger partial charge in [0, 0.05) is 11.1 Å². The average molecular weight is 677 g/mol. The van der Waals surface area contributed by atoms with Crippen LogP contribution in [0.4, 0.5) is 0 Å². The Hall–Kier alpha value is -1.70. The number of halogens is 1. The minimum absolute atomic E-state index is 0.00919. The summed E-state index contributed by atoms with van der Waals surface area (Å²) in [7, 11) is -4.45. The molecule has 40 heavy (non-hydrogen) atoms. The highest BCUT2D eigenvalue weighted by atomic mass is 127. The van der Waals surface area contributed by atoms with Gasteiger partial charge in [-0.1, -0.05) is 132 Å². The molecule has 0 aromatic heterocycles. The van der Waals surface area contributed by atoms with E-state index in [1.54, 1.807) is 7.14 Å². The van der Waals surface area contributed by atoms with E-state index in [2.05, 4.69) is 104 Å². The minimum Gasteiger partial charge on any atom is -0.744 e. The maximum absolute atomic E-state index is 11.6. The smallest absolute Gasteiger partial charge is 0.358 e. The summed E-state index contributed by atoms with van der Waals surface area (Å²) in [5.41, 5.74) is 5.80. The van der Waals surface area contributed by atoms with E-state index in [9.17, 15) is 13.0 Å². The van der Waals surface area contributed by atoms with Gasteiger partial charge in [-0.25, -0.2) is 8.42 Å². The van der Waals surface area contributed by atoms with Gasteiger partial charge in [0.2, 0.25) is 0 Å². The summed E-state index contributed by atoms with van der Waals surface area (Å²) >= 11 is -0.147. The zero-order valence-corrected chi connectivity index (χ0v) is 29.5. The maximum atomic E-state index is 11.6. The molecule has 0 heterocycles. The van der Waals surface area contributed by atoms with Crippen LogP contribution in [0.25, 0.3) is 0 Å². The van der Waals surface area contributed by atoms with Crippen LogP contribution in [0.15, 0.2) is 65.6 Å². The second-order valence-electron chi connectivity index (χ2n) is 13.5. The van der Waals surface area contributed by atoms with Crippen molar-refractivity contribution in [2.75, 3.05) is 0 Å². The van der Waals surface area contributed by atoms with Gasteiger partial charge >= 0.3 is 21.2 Å². The molecule has 3 aromatic rings. The van der Waals surface area contributed by atoms with Crippen molar-refractivity contribution in [1.82, 2.24) is 0 Å². The Bertz CT molecular complexity index is 1300. The lowest BCUT2D eigenvalue weighted by atomic mass is 9.87. The summed E-state index contributed by atoms with van der Waals surface area (Å²) < 4.78 is 37.9. The van der Waals surface area contributed by atoms with E-state index >= 15 is 0 Å². The molecule has 220 valence electrons. The van der Waals surface area contributed by atoms with Crippen LogP contribution >= 0.6 is 0 Å². The predicted octanol–water partition coefficient (Wildman–Crippen LogP) is 6.37. The van der Waals surface area contributed by atoms with Crippen LogP contribution in [0.5, 0.6) is 0 Å². The summed E-state index contributed by atoms with van der Waals surface area (Å²) in [6.45, 7) is 25.7. The molecule has 0 atom stereocenters. The SMILES string of the molecule is CC(C)(C)c1ccccc1[I+]c1ccccc1C(C)(C)C.CC(C)c1cc(C(C)C)c(S(=O)(=O)[O-])c(C(C)C)c1. The Kier molecular flexibility index (Phi) is 11.7. The molecule has 0 radical (unpaired) electrons. The van der Waals surface area contributed by atoms with E-state index in [-0.39, 0.29) is 48.8 Å². The summed E-state index contributed by atoms with van der Waals surface area (Å²) in [5, 5.41) is 0. The Labute approximate surface area is 255 Å². The zero-order chi connectivity index (χ0) is 30.6. The molecule has 3 nitrogen and oxygen atoms in total. The lowest BCUT2D eigenvalue weighted by Gasteiger charge is -2.24. The highest BCUT2D eigenvalue weighted by Gasteiger charge is 2.31. The van der Waals surface area contributed by atoms with Gasteiger partial charge in [0.15, 0.2) is 7.14 Å². The minimum atomic E-state index is -4.45. The standard InChI is InChI=1S/C20H26I.C15H24O3S/c1-19(2,3)15-11-7-9-13-17(15)21-18-14-10-8-12-16(18)20(4,5)6;1-9(2)12-7-13(10(3)4)15(19(16,17)18)14(8-12)11(5)6/h7-14H,1-6H3;7-11H,1-6H3,(H,16,17,18)/q+1;/p-1. The topological polar surface area (TPSA) is 57.2 Å². The summed E-state index contributed by atoms with van der Waals surface area (Å²) in [4.78, 5) is -0.0121. The first-order chi connectivity index (χ1) is 18.2. The molecule has 0 saturated heterocycles. The predicted molar refractivity (Wildman–Crippen MR) is 164 cm³/mol. The molecule has 0 unspecified atom stereocenters. The first-order valence-electron chi connectivity index (χ1n) is 14.2. The lowest BCUT2D eigenvalue weighted by Crippen LogP contribution is -3.62. The van der Waals surface area contributed by atoms with Gasteiger partial charge in [0.25, 0.3) is 0 Å². The normalized spacial score (nSPS) is 12.6. The fourth-order valence-electron chi connectivity index (χ4n) is 4.59. The molecule has 0 spiro atoms. The first kappa shape index (κ1) is 34.5. The first-order valence-corrected chi connectivity index (χ1v) is 17.8. The van der Waals surface area contributed by atoms with E-state index in [1.807, 2.05) is 39.8 Å². The van der Waals surface area contributed by atoms with Crippen molar-refractivity contribution < 1.29 is 34.2 Å². The summed E-state index contributed by atoms with van der Waals surface area (Å²) in [6, 6.07) is 21.7. The molecule has 0 aliphatic rings. The van der Waals surface area contributed by atoms with Crippen LogP contribution < -0.4 is 21.2 Å². The average Bonchev–Trinajstić information content (AvgIpc) is 2.82. The van der Waals surface area contributed by atoms with Gasteiger partial charge in [0.05, 0.1) is 4.90 Å². The monoisotopic (exact) mass is 676 g/mol. The summed E-state index contributed by atoms with van der Waals surface area (Å²) in [5.74, 6) is 0.322. The van der Waals surface area contributed by atoms with Gasteiger partial charge in [-0.2, -0.15) is 0 Å². The molecule has 3 rings (SSSR count). The van der Waals surface area contributed by atoms with Crippen molar-refractivity contribution in [3.63, 3.8) is 0 Å². The molecule has 0 fully saturated rings. The van der Waals surface area contributed by atoms with Gasteiger partial charge < -0.3 is 4.55 Å². The fourth-order valence-corrected chi connectivity index (χ4v) is 9.72. The molecule has 0 bridgehead atoms. The molecule has 0 saturated carbocycles. The Morgan fingerprint density at radius 2 is 0.975 bits per heavy atom. The van der Waals surface area contributed by atoms with E-state index in [1.165, 1.54) is 11.1 Å². The van der Waals surface area contributed by atoms with Crippen LogP contribution in [0.1, 0.15) is 129 Å². The van der Waals surface area contributed by atoms with E-state index in [0.717, 1.165) is 5.56 Å². The fraction of sp³-hybridized carbons (Fsp3) is 0.486. The molecule has 3 aromatic carbocycles. The van der Waals surface area contributed by atoms with E-state index in [4.69, 9.17) is 0 Å². The molecule has 5 heteroatoms. The van der Waals surface area contributed by atoms with Gasteiger partial charge in [-0.05, 0) is 57.4 Å². The second kappa shape index (κ2) is 13.5. The van der Waals surface area contributed by atoms with Gasteiger partial charge in [-0.3, -0.25) is 0 Å². The van der Waals surface area contributed by atoms with Gasteiger partial charge in [-0.15, -0.1) is 0 Å². The largest absolute Gasteiger partial charge is 0.744 e. The zero-order valence-electron chi connectivity index (χ0n) is 26.5. The van der Waals surface area contributed by atoms with Crippen LogP contribution in [0.3, 0.4) is 0 Å². The molecule has 0 amide bonds. The molecular weight excluding hydrogens is 627 g/mol. The Morgan fingerprint density at radius 3 is 1.25 bits per heavy atom. The van der Waals surface area contributed by atoms with Crippen molar-refractivity contribution in [3.8, 4) is 0 Å². The van der Waals surface area contributed by atoms with E-state index in [0.29, 0.717) is 17.0 Å². The molecule has 0 aliphatic carbocycles. The van der Waals surface area contributed by atoms with Crippen LogP contribution in [0.2, 0.25) is 0 Å². The van der Waals surface area contributed by atoms with Crippen LogP contribution in [0, 0.1) is 7.14 Å². The van der Waals surface area contributed by atoms with Crippen molar-refractivity contribution in [3.05, 3.63) is 95.6 Å². The maximum Gasteiger partial charge on any atom is 0.358 e. The molecule has 0 N–H and O–H groups in total. The van der Waals surface area contributed by atoms with Crippen LogP contribution in [-0.2, 0) is 20.9 Å². The third kappa shape index (κ3) is 9.15. The highest BCUT2D eigenvalue weighted by Crippen LogP contribution is 2.34. The summed E-state index contributed by atoms with van der Waals surface area (Å²) in [6.07, 6.45) is 0. The van der Waals surface area contributed by atoms with Crippen molar-refractivity contribution in [2.24, 2.45) is 0 Å².